The van der Waals surface area contributed by atoms with Crippen molar-refractivity contribution in [3.63, 3.8) is 0 Å². The number of aryl methyl sites for hydroxylation is 1. The zero-order valence-corrected chi connectivity index (χ0v) is 11.1. The molecule has 1 saturated carbocycles. The summed E-state index contributed by atoms with van der Waals surface area (Å²) in [6.07, 6.45) is 4.88. The third-order valence-corrected chi connectivity index (χ3v) is 3.86. The lowest BCUT2D eigenvalue weighted by Crippen LogP contribution is -2.31. The Balaban J connectivity index is 2.20. The minimum atomic E-state index is -0.857. The van der Waals surface area contributed by atoms with E-state index in [0.717, 1.165) is 17.7 Å². The van der Waals surface area contributed by atoms with Crippen molar-refractivity contribution in [2.45, 2.75) is 45.6 Å². The summed E-state index contributed by atoms with van der Waals surface area (Å²) in [6.45, 7) is 4.16. The maximum atomic E-state index is 11.3. The third-order valence-electron chi connectivity index (χ3n) is 3.86. The van der Waals surface area contributed by atoms with Gasteiger partial charge in [-0.3, -0.25) is 0 Å². The van der Waals surface area contributed by atoms with Crippen LogP contribution in [0.5, 0.6) is 0 Å². The van der Waals surface area contributed by atoms with Crippen LogP contribution >= 0.6 is 0 Å². The van der Waals surface area contributed by atoms with E-state index >= 15 is 0 Å². The van der Waals surface area contributed by atoms with Gasteiger partial charge in [-0.15, -0.1) is 0 Å². The maximum Gasteiger partial charge on any atom is 0.337 e. The fourth-order valence-electron chi connectivity index (χ4n) is 2.69. The Morgan fingerprint density at radius 3 is 2.72 bits per heavy atom. The van der Waals surface area contributed by atoms with Crippen molar-refractivity contribution in [2.75, 3.05) is 5.32 Å². The van der Waals surface area contributed by atoms with Crippen molar-refractivity contribution in [3.8, 4) is 0 Å². The van der Waals surface area contributed by atoms with Crippen molar-refractivity contribution in [1.29, 1.82) is 0 Å². The number of carboxylic acid groups (broad SMARTS) is 1. The Morgan fingerprint density at radius 2 is 2.06 bits per heavy atom. The molecule has 2 unspecified atom stereocenters. The second-order valence-electron chi connectivity index (χ2n) is 5.37. The van der Waals surface area contributed by atoms with E-state index in [1.807, 2.05) is 19.1 Å². The van der Waals surface area contributed by atoms with Crippen molar-refractivity contribution >= 4 is 11.7 Å². The van der Waals surface area contributed by atoms with Crippen LogP contribution in [-0.4, -0.2) is 17.1 Å². The van der Waals surface area contributed by atoms with E-state index < -0.39 is 5.97 Å². The van der Waals surface area contributed by atoms with Crippen LogP contribution in [0.3, 0.4) is 0 Å². The smallest absolute Gasteiger partial charge is 0.337 e. The van der Waals surface area contributed by atoms with Crippen LogP contribution in [0.1, 0.15) is 48.5 Å². The molecule has 18 heavy (non-hydrogen) atoms. The van der Waals surface area contributed by atoms with Gasteiger partial charge in [-0.05, 0) is 37.8 Å². The van der Waals surface area contributed by atoms with E-state index in [-0.39, 0.29) is 0 Å². The third kappa shape index (κ3) is 2.84. The van der Waals surface area contributed by atoms with E-state index in [9.17, 15) is 9.90 Å². The summed E-state index contributed by atoms with van der Waals surface area (Å²) in [5.74, 6) is -0.244. The molecule has 1 aromatic rings. The minimum absolute atomic E-state index is 0.382. The zero-order valence-electron chi connectivity index (χ0n) is 11.1. The van der Waals surface area contributed by atoms with Gasteiger partial charge in [-0.25, -0.2) is 4.79 Å². The van der Waals surface area contributed by atoms with E-state index in [1.165, 1.54) is 19.3 Å². The van der Waals surface area contributed by atoms with E-state index in [2.05, 4.69) is 12.2 Å². The lowest BCUT2D eigenvalue weighted by molar-refractivity contribution is 0.0697. The van der Waals surface area contributed by atoms with Crippen molar-refractivity contribution in [1.82, 2.24) is 0 Å². The molecular weight excluding hydrogens is 226 g/mol. The van der Waals surface area contributed by atoms with Crippen LogP contribution in [0.25, 0.3) is 0 Å². The predicted molar refractivity (Wildman–Crippen MR) is 73.2 cm³/mol. The molecule has 0 spiro atoms. The highest BCUT2D eigenvalue weighted by Gasteiger charge is 2.22. The Hall–Kier alpha value is -1.51. The van der Waals surface area contributed by atoms with Gasteiger partial charge in [-0.1, -0.05) is 31.4 Å². The molecule has 0 saturated heterocycles. The molecule has 0 heterocycles. The predicted octanol–water partition coefficient (Wildman–Crippen LogP) is 3.68. The minimum Gasteiger partial charge on any atom is -0.478 e. The first-order valence-electron chi connectivity index (χ1n) is 6.68. The summed E-state index contributed by atoms with van der Waals surface area (Å²) >= 11 is 0. The monoisotopic (exact) mass is 247 g/mol. The van der Waals surface area contributed by atoms with E-state index in [1.54, 1.807) is 6.07 Å². The van der Waals surface area contributed by atoms with Gasteiger partial charge < -0.3 is 10.4 Å². The lowest BCUT2D eigenvalue weighted by atomic mass is 9.85. The normalized spacial score (nSPS) is 23.7. The van der Waals surface area contributed by atoms with Crippen LogP contribution in [0.4, 0.5) is 5.69 Å². The first-order chi connectivity index (χ1) is 8.58. The molecule has 0 aromatic heterocycles. The highest BCUT2D eigenvalue weighted by atomic mass is 16.4. The number of rotatable bonds is 3. The van der Waals surface area contributed by atoms with Gasteiger partial charge in [0.1, 0.15) is 0 Å². The van der Waals surface area contributed by atoms with Crippen LogP contribution in [0.15, 0.2) is 18.2 Å². The van der Waals surface area contributed by atoms with Crippen LogP contribution in [0.2, 0.25) is 0 Å². The van der Waals surface area contributed by atoms with Crippen LogP contribution in [-0.2, 0) is 0 Å². The number of benzene rings is 1. The average molecular weight is 247 g/mol. The SMILES string of the molecule is Cc1ccc(NC2CCCCC2C)c(C(=O)O)c1. The van der Waals surface area contributed by atoms with Gasteiger partial charge in [0.15, 0.2) is 0 Å². The highest BCUT2D eigenvalue weighted by Crippen LogP contribution is 2.28. The zero-order chi connectivity index (χ0) is 13.1. The molecule has 2 N–H and O–H groups in total. The number of hydrogen-bond donors (Lipinski definition) is 2. The van der Waals surface area contributed by atoms with Gasteiger partial charge >= 0.3 is 5.97 Å². The van der Waals surface area contributed by atoms with Gasteiger partial charge in [0, 0.05) is 11.7 Å². The number of nitrogens with one attached hydrogen (secondary N) is 1. The summed E-state index contributed by atoms with van der Waals surface area (Å²) in [6, 6.07) is 5.99. The molecule has 2 rings (SSSR count). The largest absolute Gasteiger partial charge is 0.478 e. The Kier molecular flexibility index (Phi) is 3.90. The molecular formula is C15H21NO2. The number of anilines is 1. The topological polar surface area (TPSA) is 49.3 Å². The Labute approximate surface area is 108 Å². The maximum absolute atomic E-state index is 11.3. The standard InChI is InChI=1S/C15H21NO2/c1-10-7-8-14(12(9-10)15(17)18)16-13-6-4-3-5-11(13)2/h7-9,11,13,16H,3-6H2,1-2H3,(H,17,18). The Morgan fingerprint density at radius 1 is 1.33 bits per heavy atom. The summed E-state index contributed by atoms with van der Waals surface area (Å²) < 4.78 is 0. The molecule has 0 aliphatic heterocycles. The fraction of sp³-hybridized carbons (Fsp3) is 0.533. The van der Waals surface area contributed by atoms with Gasteiger partial charge in [0.2, 0.25) is 0 Å². The molecule has 1 aromatic carbocycles. The molecule has 3 nitrogen and oxygen atoms in total. The second-order valence-corrected chi connectivity index (χ2v) is 5.37. The summed E-state index contributed by atoms with van der Waals surface area (Å²) in [5.41, 5.74) is 2.12. The molecule has 2 atom stereocenters. The molecule has 0 bridgehead atoms. The highest BCUT2D eigenvalue weighted by molar-refractivity contribution is 5.94. The van der Waals surface area contributed by atoms with Crippen molar-refractivity contribution in [3.05, 3.63) is 29.3 Å². The molecule has 1 fully saturated rings. The first kappa shape index (κ1) is 12.9. The number of hydrogen-bond acceptors (Lipinski definition) is 2. The molecule has 98 valence electrons. The van der Waals surface area contributed by atoms with Crippen LogP contribution in [0, 0.1) is 12.8 Å². The first-order valence-corrected chi connectivity index (χ1v) is 6.68. The van der Waals surface area contributed by atoms with Crippen molar-refractivity contribution < 1.29 is 9.90 Å². The van der Waals surface area contributed by atoms with Gasteiger partial charge in [0.05, 0.1) is 5.56 Å². The molecule has 1 aliphatic carbocycles. The average Bonchev–Trinajstić information content (AvgIpc) is 2.34. The van der Waals surface area contributed by atoms with E-state index in [0.29, 0.717) is 17.5 Å². The summed E-state index contributed by atoms with van der Waals surface area (Å²) in [4.78, 5) is 11.3. The lowest BCUT2D eigenvalue weighted by Gasteiger charge is -2.30. The molecule has 0 radical (unpaired) electrons. The number of carboxylic acids is 1. The second kappa shape index (κ2) is 5.42. The quantitative estimate of drug-likeness (QED) is 0.856. The molecule has 1 aliphatic rings. The number of carbonyl (C=O) groups is 1. The Bertz CT molecular complexity index is 442. The summed E-state index contributed by atoms with van der Waals surface area (Å²) in [7, 11) is 0. The number of aromatic carboxylic acids is 1. The fourth-order valence-corrected chi connectivity index (χ4v) is 2.69. The van der Waals surface area contributed by atoms with Gasteiger partial charge in [-0.2, -0.15) is 0 Å². The summed E-state index contributed by atoms with van der Waals surface area (Å²) in [5, 5.41) is 12.7. The van der Waals surface area contributed by atoms with Gasteiger partial charge in [0.25, 0.3) is 0 Å². The van der Waals surface area contributed by atoms with Crippen molar-refractivity contribution in [2.24, 2.45) is 5.92 Å². The van der Waals surface area contributed by atoms with Crippen LogP contribution < -0.4 is 5.32 Å². The van der Waals surface area contributed by atoms with E-state index in [4.69, 9.17) is 0 Å². The molecule has 0 amide bonds. The molecule has 3 heteroatoms.